The Morgan fingerprint density at radius 1 is 1.25 bits per heavy atom. The van der Waals surface area contributed by atoms with E-state index in [-0.39, 0.29) is 29.3 Å². The standard InChI is InChI=1S/C14H16N2O3.BrH/c1-15-6-7-16(10-15)9-13(17)12-8-11(18-2)4-5-14(12)19-3;/h4-8H,9H2,1-3H3;1H/q+1;/p-1. The topological polar surface area (TPSA) is 42.0 Å². The van der Waals surface area contributed by atoms with Gasteiger partial charge in [-0.3, -0.25) is 4.79 Å². The minimum absolute atomic E-state index is 0. The Balaban J connectivity index is 0.00000200. The highest BCUT2D eigenvalue weighted by Crippen LogP contribution is 2.25. The molecule has 107 valence electrons. The number of carbonyl (C=O) groups is 1. The fourth-order valence-corrected chi connectivity index (χ4v) is 1.81. The Morgan fingerprint density at radius 2 is 2.00 bits per heavy atom. The van der Waals surface area contributed by atoms with Gasteiger partial charge in [-0.2, -0.15) is 0 Å². The zero-order valence-electron chi connectivity index (χ0n) is 11.6. The van der Waals surface area contributed by atoms with Gasteiger partial charge in [-0.1, -0.05) is 0 Å². The average molecular weight is 340 g/mol. The molecule has 0 saturated heterocycles. The molecule has 5 nitrogen and oxygen atoms in total. The van der Waals surface area contributed by atoms with Crippen molar-refractivity contribution >= 4 is 5.78 Å². The van der Waals surface area contributed by atoms with Crippen LogP contribution in [-0.2, 0) is 0 Å². The summed E-state index contributed by atoms with van der Waals surface area (Å²) in [6.07, 6.45) is 3.63. The summed E-state index contributed by atoms with van der Waals surface area (Å²) in [5.41, 5.74) is 0.506. The molecular weight excluding hydrogens is 324 g/mol. The van der Waals surface area contributed by atoms with E-state index in [0.717, 1.165) is 0 Å². The van der Waals surface area contributed by atoms with Crippen LogP contribution in [0.25, 0.3) is 0 Å². The molecule has 1 aromatic rings. The third-order valence-electron chi connectivity index (χ3n) is 2.78. The summed E-state index contributed by atoms with van der Waals surface area (Å²) in [7, 11) is 4.96. The Hall–Kier alpha value is -1.82. The van der Waals surface area contributed by atoms with Crippen LogP contribution in [0.1, 0.15) is 10.4 Å². The molecule has 20 heavy (non-hydrogen) atoms. The van der Waals surface area contributed by atoms with Crippen molar-refractivity contribution in [1.82, 2.24) is 9.80 Å². The quantitative estimate of drug-likeness (QED) is 0.488. The lowest BCUT2D eigenvalue weighted by Gasteiger charge is -2.10. The van der Waals surface area contributed by atoms with Gasteiger partial charge in [0.1, 0.15) is 18.0 Å². The summed E-state index contributed by atoms with van der Waals surface area (Å²) in [5, 5.41) is 0. The number of carbonyl (C=O) groups excluding carboxylic acids is 1. The van der Waals surface area contributed by atoms with E-state index >= 15 is 0 Å². The van der Waals surface area contributed by atoms with Gasteiger partial charge in [0, 0.05) is 0 Å². The molecule has 0 bridgehead atoms. The van der Waals surface area contributed by atoms with E-state index in [1.807, 2.05) is 13.2 Å². The number of nitrogens with zero attached hydrogens (tertiary/aromatic N) is 2. The number of ketones is 1. The first kappa shape index (κ1) is 16.2. The number of rotatable bonds is 5. The lowest BCUT2D eigenvalue weighted by molar-refractivity contribution is -0.0000126. The van der Waals surface area contributed by atoms with Crippen LogP contribution in [0.4, 0.5) is 0 Å². The van der Waals surface area contributed by atoms with Gasteiger partial charge in [0.25, 0.3) is 0 Å². The van der Waals surface area contributed by atoms with Crippen molar-refractivity contribution in [3.8, 4) is 11.5 Å². The predicted molar refractivity (Wildman–Crippen MR) is 70.7 cm³/mol. The molecule has 0 fully saturated rings. The van der Waals surface area contributed by atoms with E-state index in [1.54, 1.807) is 48.4 Å². The fraction of sp³-hybridized carbons (Fsp3) is 0.286. The molecule has 1 aromatic carbocycles. The van der Waals surface area contributed by atoms with E-state index in [0.29, 0.717) is 17.1 Å². The van der Waals surface area contributed by atoms with Crippen LogP contribution < -0.4 is 26.5 Å². The number of hydrogen-bond acceptors (Lipinski definition) is 5. The van der Waals surface area contributed by atoms with Crippen molar-refractivity contribution in [1.29, 1.82) is 0 Å². The average Bonchev–Trinajstić information content (AvgIpc) is 2.83. The van der Waals surface area contributed by atoms with Crippen LogP contribution in [0, 0.1) is 6.67 Å². The Kier molecular flexibility index (Phi) is 5.76. The molecule has 0 aromatic heterocycles. The molecule has 0 amide bonds. The highest BCUT2D eigenvalue weighted by Gasteiger charge is 2.30. The summed E-state index contributed by atoms with van der Waals surface area (Å²) >= 11 is 0. The van der Waals surface area contributed by atoms with Crippen molar-refractivity contribution in [3.05, 3.63) is 42.8 Å². The lowest BCUT2D eigenvalue weighted by Crippen LogP contribution is -3.00. The lowest BCUT2D eigenvalue weighted by atomic mass is 10.1. The molecule has 0 spiro atoms. The minimum Gasteiger partial charge on any atom is -1.00 e. The van der Waals surface area contributed by atoms with Gasteiger partial charge in [-0.15, -0.1) is 9.80 Å². The van der Waals surface area contributed by atoms with Crippen molar-refractivity contribution in [2.75, 3.05) is 27.8 Å². The molecule has 0 saturated carbocycles. The summed E-state index contributed by atoms with van der Waals surface area (Å²) in [6, 6.07) is 5.17. The van der Waals surface area contributed by atoms with Gasteiger partial charge in [0.2, 0.25) is 0 Å². The number of benzene rings is 1. The van der Waals surface area contributed by atoms with Gasteiger partial charge in [-0.25, -0.2) is 0 Å². The number of halogens is 1. The van der Waals surface area contributed by atoms with Crippen molar-refractivity contribution in [3.63, 3.8) is 0 Å². The summed E-state index contributed by atoms with van der Waals surface area (Å²) in [5.74, 6) is 1.12. The summed E-state index contributed by atoms with van der Waals surface area (Å²) in [6.45, 7) is 3.20. The molecular formula is C14H16BrN2O3. The molecule has 1 heterocycles. The van der Waals surface area contributed by atoms with E-state index in [2.05, 4.69) is 6.67 Å². The van der Waals surface area contributed by atoms with E-state index in [1.165, 1.54) is 0 Å². The smallest absolute Gasteiger partial charge is 0.564 e. The third-order valence-corrected chi connectivity index (χ3v) is 2.78. The largest absolute Gasteiger partial charge is 1.00 e. The Morgan fingerprint density at radius 3 is 2.55 bits per heavy atom. The fourth-order valence-electron chi connectivity index (χ4n) is 1.81. The van der Waals surface area contributed by atoms with Crippen LogP contribution in [0.3, 0.4) is 0 Å². The second-order valence-corrected chi connectivity index (χ2v) is 4.13. The number of ether oxygens (including phenoxy) is 2. The molecule has 0 N–H and O–H groups in total. The van der Waals surface area contributed by atoms with Crippen LogP contribution in [-0.4, -0.2) is 43.4 Å². The maximum absolute atomic E-state index is 12.3. The van der Waals surface area contributed by atoms with Crippen LogP contribution in [0.2, 0.25) is 0 Å². The molecule has 2 rings (SSSR count). The zero-order chi connectivity index (χ0) is 13.8. The molecule has 1 aliphatic rings. The zero-order valence-corrected chi connectivity index (χ0v) is 13.2. The molecule has 6 heteroatoms. The second-order valence-electron chi connectivity index (χ2n) is 4.13. The minimum atomic E-state index is -0.0526. The van der Waals surface area contributed by atoms with Gasteiger partial charge in [-0.05, 0) is 18.2 Å². The number of methoxy groups -OCH3 is 2. The first-order valence-corrected chi connectivity index (χ1v) is 5.83. The molecule has 1 aliphatic heterocycles. The van der Waals surface area contributed by atoms with Crippen molar-refractivity contribution in [2.45, 2.75) is 0 Å². The van der Waals surface area contributed by atoms with Gasteiger partial charge < -0.3 is 26.5 Å². The summed E-state index contributed by atoms with van der Waals surface area (Å²) in [4.78, 5) is 15.7. The van der Waals surface area contributed by atoms with E-state index in [4.69, 9.17) is 9.47 Å². The highest BCUT2D eigenvalue weighted by molar-refractivity contribution is 6.00. The first-order valence-electron chi connectivity index (χ1n) is 5.83. The normalized spacial score (nSPS) is 12.8. The molecule has 0 unspecified atom stereocenters. The second kappa shape index (κ2) is 7.09. The highest BCUT2D eigenvalue weighted by atomic mass is 79.9. The maximum Gasteiger partial charge on any atom is 0.564 e. The number of Topliss-reactive ketones (excluding diaryl/α,β-unsaturated/α-hetero) is 1. The Labute approximate surface area is 129 Å². The Bertz CT molecular complexity index is 505. The predicted octanol–water partition coefficient (Wildman–Crippen LogP) is -1.39. The monoisotopic (exact) mass is 339 g/mol. The third kappa shape index (κ3) is 3.60. The molecule has 0 aliphatic carbocycles. The van der Waals surface area contributed by atoms with Crippen LogP contribution >= 0.6 is 0 Å². The van der Waals surface area contributed by atoms with E-state index < -0.39 is 0 Å². The van der Waals surface area contributed by atoms with Gasteiger partial charge in [0.15, 0.2) is 5.78 Å². The molecule has 0 atom stereocenters. The summed E-state index contributed by atoms with van der Waals surface area (Å²) < 4.78 is 10.3. The maximum atomic E-state index is 12.3. The van der Waals surface area contributed by atoms with Crippen LogP contribution in [0.15, 0.2) is 30.6 Å². The molecule has 1 radical (unpaired) electrons. The van der Waals surface area contributed by atoms with Gasteiger partial charge >= 0.3 is 6.67 Å². The van der Waals surface area contributed by atoms with Crippen LogP contribution in [0.5, 0.6) is 11.5 Å². The number of hydrogen-bond donors (Lipinski definition) is 0. The van der Waals surface area contributed by atoms with Crippen molar-refractivity contribution < 1.29 is 31.2 Å². The SMILES string of the molecule is COc1ccc(OC)c(C(=O)CN2[C+]N(C)C=C2)c1.[Br-]. The van der Waals surface area contributed by atoms with Crippen molar-refractivity contribution in [2.24, 2.45) is 0 Å². The first-order chi connectivity index (χ1) is 9.13. The van der Waals surface area contributed by atoms with E-state index in [9.17, 15) is 4.79 Å². The van der Waals surface area contributed by atoms with Gasteiger partial charge in [0.05, 0.1) is 39.2 Å².